The van der Waals surface area contributed by atoms with Gasteiger partial charge in [0.2, 0.25) is 5.65 Å². The van der Waals surface area contributed by atoms with E-state index in [1.54, 1.807) is 36.1 Å². The van der Waals surface area contributed by atoms with Crippen LogP contribution in [0.2, 0.25) is 0 Å². The average Bonchev–Trinajstić information content (AvgIpc) is 3.34. The molecule has 0 spiro atoms. The number of nitriles is 1. The summed E-state index contributed by atoms with van der Waals surface area (Å²) in [4.78, 5) is 0. The van der Waals surface area contributed by atoms with Crippen molar-refractivity contribution in [3.8, 4) is 34.2 Å². The van der Waals surface area contributed by atoms with Crippen molar-refractivity contribution >= 4 is 23.6 Å². The van der Waals surface area contributed by atoms with Crippen LogP contribution in [-0.4, -0.2) is 51.2 Å². The summed E-state index contributed by atoms with van der Waals surface area (Å²) in [7, 11) is 1.75. The van der Waals surface area contributed by atoms with Gasteiger partial charge < -0.3 is 10.4 Å². The number of rotatable bonds is 3. The Labute approximate surface area is 209 Å². The number of piperidine rings is 1. The number of aryl methyl sites for hydroxylation is 1. The van der Waals surface area contributed by atoms with Gasteiger partial charge in [0.15, 0.2) is 5.69 Å². The number of hydrogen-bond acceptors (Lipinski definition) is 8. The van der Waals surface area contributed by atoms with E-state index < -0.39 is 0 Å². The molecule has 182 valence electrons. The molecule has 1 aliphatic heterocycles. The third-order valence-electron chi connectivity index (χ3n) is 6.25. The van der Waals surface area contributed by atoms with Gasteiger partial charge in [0, 0.05) is 35.4 Å². The summed E-state index contributed by atoms with van der Waals surface area (Å²) in [6.07, 6.45) is 3.56. The maximum Gasteiger partial charge on any atom is 0.201 e. The molecule has 1 aliphatic rings. The Morgan fingerprint density at radius 1 is 1.06 bits per heavy atom. The molecule has 4 heterocycles. The van der Waals surface area contributed by atoms with Gasteiger partial charge in [-0.25, -0.2) is 4.68 Å². The Balaban J connectivity index is 0.00000289. The second kappa shape index (κ2) is 8.59. The van der Waals surface area contributed by atoms with Gasteiger partial charge in [-0.1, -0.05) is 11.3 Å². The van der Waals surface area contributed by atoms with Gasteiger partial charge in [0.1, 0.15) is 17.3 Å². The number of aromatic nitrogens is 7. The third-order valence-corrected chi connectivity index (χ3v) is 6.25. The van der Waals surface area contributed by atoms with Crippen LogP contribution in [0.15, 0.2) is 30.5 Å². The zero-order valence-corrected chi connectivity index (χ0v) is 21.1. The number of fused-ring (bicyclic) bond motifs is 1. The van der Waals surface area contributed by atoms with Crippen LogP contribution in [0.4, 0.5) is 0 Å². The Morgan fingerprint density at radius 2 is 1.77 bits per heavy atom. The number of halogens is 1. The molecule has 3 aromatic heterocycles. The van der Waals surface area contributed by atoms with Crippen LogP contribution in [0, 0.1) is 11.3 Å². The number of nitrogens with one attached hydrogen (secondary N) is 1. The van der Waals surface area contributed by atoms with E-state index in [-0.39, 0.29) is 35.3 Å². The highest BCUT2D eigenvalue weighted by Crippen LogP contribution is 2.37. The fourth-order valence-corrected chi connectivity index (χ4v) is 5.27. The molecule has 0 aliphatic carbocycles. The highest BCUT2D eigenvalue weighted by molar-refractivity contribution is 5.85. The Kier molecular flexibility index (Phi) is 6.03. The lowest BCUT2D eigenvalue weighted by Gasteiger charge is -2.46. The summed E-state index contributed by atoms with van der Waals surface area (Å²) in [5, 5.41) is 45.5. The third kappa shape index (κ3) is 4.57. The first-order valence-corrected chi connectivity index (χ1v) is 11.2. The minimum atomic E-state index is -0.0364. The Bertz CT molecular complexity index is 1430. The molecule has 4 aromatic rings. The summed E-state index contributed by atoms with van der Waals surface area (Å²) in [6, 6.07) is 9.22. The molecule has 0 bridgehead atoms. The number of hydrogen-bond donors (Lipinski definition) is 2. The van der Waals surface area contributed by atoms with E-state index in [1.165, 1.54) is 0 Å². The van der Waals surface area contributed by atoms with Gasteiger partial charge >= 0.3 is 0 Å². The van der Waals surface area contributed by atoms with Crippen LogP contribution < -0.4 is 5.32 Å². The molecule has 0 atom stereocenters. The molecule has 0 amide bonds. The van der Waals surface area contributed by atoms with E-state index in [0.717, 1.165) is 12.8 Å². The van der Waals surface area contributed by atoms with Crippen LogP contribution in [0.3, 0.4) is 0 Å². The first kappa shape index (κ1) is 24.6. The van der Waals surface area contributed by atoms with Gasteiger partial charge in [-0.15, -0.1) is 27.7 Å². The van der Waals surface area contributed by atoms with Gasteiger partial charge in [-0.05, 0) is 64.3 Å². The smallest absolute Gasteiger partial charge is 0.201 e. The van der Waals surface area contributed by atoms with E-state index in [4.69, 9.17) is 0 Å². The minimum absolute atomic E-state index is 0. The van der Waals surface area contributed by atoms with E-state index in [2.05, 4.69) is 64.7 Å². The fraction of sp³-hybridized carbons (Fsp3) is 0.417. The molecule has 10 nitrogen and oxygen atoms in total. The SMILES string of the molecule is Cl.Cn1cc(-c2ccc(-c3cc4nnn(C5CC(C)(C)NC(C)(C)C5)c4nn3)c(O)c2)c(C#N)n1. The van der Waals surface area contributed by atoms with Crippen LogP contribution in [0.25, 0.3) is 33.5 Å². The van der Waals surface area contributed by atoms with E-state index in [0.29, 0.717) is 39.2 Å². The quantitative estimate of drug-likeness (QED) is 0.441. The second-order valence-corrected chi connectivity index (χ2v) is 10.3. The molecule has 35 heavy (non-hydrogen) atoms. The standard InChI is InChI=1S/C24H27N9O.ClH/c1-23(2)10-15(11-24(3,4)30-23)33-22-19(27-31-33)9-18(26-28-22)16-7-6-14(8-21(16)34)17-13-32(5)29-20(17)12-25;/h6-9,13,15,30,34H,10-11H2,1-5H3;1H. The molecule has 5 rings (SSSR count). The van der Waals surface area contributed by atoms with Crippen molar-refractivity contribution in [2.24, 2.45) is 7.05 Å². The van der Waals surface area contributed by atoms with Crippen molar-refractivity contribution in [3.05, 3.63) is 36.2 Å². The fourth-order valence-electron chi connectivity index (χ4n) is 5.27. The zero-order valence-electron chi connectivity index (χ0n) is 20.3. The maximum atomic E-state index is 10.7. The molecule has 2 N–H and O–H groups in total. The summed E-state index contributed by atoms with van der Waals surface area (Å²) >= 11 is 0. The Hall–Kier alpha value is -3.55. The van der Waals surface area contributed by atoms with E-state index >= 15 is 0 Å². The first-order valence-electron chi connectivity index (χ1n) is 11.2. The molecule has 11 heteroatoms. The molecule has 0 unspecified atom stereocenters. The van der Waals surface area contributed by atoms with Gasteiger partial charge in [-0.3, -0.25) is 4.68 Å². The van der Waals surface area contributed by atoms with E-state index in [1.807, 2.05) is 10.7 Å². The van der Waals surface area contributed by atoms with Gasteiger partial charge in [-0.2, -0.15) is 10.4 Å². The van der Waals surface area contributed by atoms with Crippen LogP contribution in [0.5, 0.6) is 5.75 Å². The molecule has 1 aromatic carbocycles. The van der Waals surface area contributed by atoms with E-state index in [9.17, 15) is 10.4 Å². The number of phenols is 1. The van der Waals surface area contributed by atoms with Crippen LogP contribution >= 0.6 is 12.4 Å². The lowest BCUT2D eigenvalue weighted by molar-refractivity contribution is 0.127. The monoisotopic (exact) mass is 493 g/mol. The Morgan fingerprint density at radius 3 is 2.43 bits per heavy atom. The lowest BCUT2D eigenvalue weighted by atomic mass is 9.80. The predicted molar refractivity (Wildman–Crippen MR) is 134 cm³/mol. The number of benzene rings is 1. The highest BCUT2D eigenvalue weighted by Gasteiger charge is 2.39. The topological polar surface area (TPSA) is 130 Å². The van der Waals surface area contributed by atoms with Crippen molar-refractivity contribution in [1.82, 2.24) is 40.3 Å². The van der Waals surface area contributed by atoms with Crippen molar-refractivity contribution in [1.29, 1.82) is 5.26 Å². The van der Waals surface area contributed by atoms with Crippen molar-refractivity contribution < 1.29 is 5.11 Å². The average molecular weight is 494 g/mol. The second-order valence-electron chi connectivity index (χ2n) is 10.3. The highest BCUT2D eigenvalue weighted by atomic mass is 35.5. The van der Waals surface area contributed by atoms with Crippen LogP contribution in [0.1, 0.15) is 52.3 Å². The number of phenolic OH excluding ortho intramolecular Hbond substituents is 1. The summed E-state index contributed by atoms with van der Waals surface area (Å²) in [5.74, 6) is 0.0353. The lowest BCUT2D eigenvalue weighted by Crippen LogP contribution is -2.58. The van der Waals surface area contributed by atoms with Gasteiger partial charge in [0.05, 0.1) is 11.7 Å². The zero-order chi connectivity index (χ0) is 24.3. The van der Waals surface area contributed by atoms with Gasteiger partial charge in [0.25, 0.3) is 0 Å². The number of nitrogens with zero attached hydrogens (tertiary/aromatic N) is 8. The predicted octanol–water partition coefficient (Wildman–Crippen LogP) is 3.77. The molecular weight excluding hydrogens is 466 g/mol. The molecule has 0 radical (unpaired) electrons. The minimum Gasteiger partial charge on any atom is -0.507 e. The number of aromatic hydroxyl groups is 1. The van der Waals surface area contributed by atoms with Crippen LogP contribution in [-0.2, 0) is 7.05 Å². The molecule has 0 saturated carbocycles. The first-order chi connectivity index (χ1) is 16.0. The largest absolute Gasteiger partial charge is 0.507 e. The molecule has 1 fully saturated rings. The molecule has 1 saturated heterocycles. The normalized spacial score (nSPS) is 17.1. The maximum absolute atomic E-state index is 10.7. The van der Waals surface area contributed by atoms with Crippen molar-refractivity contribution in [2.75, 3.05) is 0 Å². The summed E-state index contributed by atoms with van der Waals surface area (Å²) in [6.45, 7) is 8.78. The molecular formula is C24H28ClN9O. The summed E-state index contributed by atoms with van der Waals surface area (Å²) < 4.78 is 3.46. The summed E-state index contributed by atoms with van der Waals surface area (Å²) in [5.41, 5.74) is 3.87. The van der Waals surface area contributed by atoms with Crippen molar-refractivity contribution in [3.63, 3.8) is 0 Å². The van der Waals surface area contributed by atoms with Crippen molar-refractivity contribution in [2.45, 2.75) is 57.7 Å².